The van der Waals surface area contributed by atoms with E-state index >= 15 is 0 Å². The van der Waals surface area contributed by atoms with E-state index in [0.29, 0.717) is 55.6 Å². The van der Waals surface area contributed by atoms with E-state index in [1.165, 1.54) is 40.9 Å². The number of hydrogen-bond donors (Lipinski definition) is 0. The lowest BCUT2D eigenvalue weighted by molar-refractivity contribution is -0.384. The van der Waals surface area contributed by atoms with Gasteiger partial charge in [0, 0.05) is 39.6 Å². The predicted molar refractivity (Wildman–Crippen MR) is 151 cm³/mol. The number of β-lactam (4-membered cyclic amide) rings is 1. The Morgan fingerprint density at radius 1 is 0.975 bits per heavy atom. The summed E-state index contributed by atoms with van der Waals surface area (Å²) in [6.07, 6.45) is 0.325. The number of esters is 1. The molecule has 5 rings (SSSR count). The predicted octanol–water partition coefficient (Wildman–Crippen LogP) is 7.03. The first-order valence-electron chi connectivity index (χ1n) is 11.8. The molecular weight excluding hydrogens is 603 g/mol. The van der Waals surface area contributed by atoms with Crippen molar-refractivity contribution in [2.45, 2.75) is 18.4 Å². The summed E-state index contributed by atoms with van der Waals surface area (Å²) in [5.41, 5.74) is 1.18. The summed E-state index contributed by atoms with van der Waals surface area (Å²) in [4.78, 5) is 37.4. The van der Waals surface area contributed by atoms with Crippen molar-refractivity contribution in [3.05, 3.63) is 103 Å². The standard InChI is InChI=1S/C27H19Cl3N2O7S/c28-17-3-7-21(20(30)9-17)39-22-8-4-18(29)10-23(22)37-13-16-14-40-25-11-24(33)31(25)26(16)27(34)38-12-15-1-5-19(6-2-15)32(35)36/h1-10,25H,11-14H2/t25-/m0/s1. The Kier molecular flexibility index (Phi) is 8.41. The van der Waals surface area contributed by atoms with Crippen LogP contribution in [0.1, 0.15) is 12.0 Å². The summed E-state index contributed by atoms with van der Waals surface area (Å²) >= 11 is 20.0. The number of benzene rings is 3. The summed E-state index contributed by atoms with van der Waals surface area (Å²) in [7, 11) is 0. The third kappa shape index (κ3) is 6.15. The van der Waals surface area contributed by atoms with Gasteiger partial charge in [-0.2, -0.15) is 0 Å². The minimum atomic E-state index is -0.689. The van der Waals surface area contributed by atoms with Crippen LogP contribution in [0.3, 0.4) is 0 Å². The maximum atomic E-state index is 13.2. The van der Waals surface area contributed by atoms with E-state index in [4.69, 9.17) is 49.0 Å². The molecule has 13 heteroatoms. The second kappa shape index (κ2) is 12.0. The number of thioether (sulfide) groups is 1. The van der Waals surface area contributed by atoms with Crippen molar-refractivity contribution in [3.8, 4) is 17.2 Å². The number of fused-ring (bicyclic) bond motifs is 1. The summed E-state index contributed by atoms with van der Waals surface area (Å²) in [6.45, 7) is -0.168. The van der Waals surface area contributed by atoms with Gasteiger partial charge in [-0.3, -0.25) is 19.8 Å². The molecule has 1 atom stereocenters. The number of nitrogens with zero attached hydrogens (tertiary/aromatic N) is 2. The minimum Gasteiger partial charge on any atom is -0.485 e. The van der Waals surface area contributed by atoms with Crippen LogP contribution in [0.5, 0.6) is 17.2 Å². The molecule has 2 aliphatic heterocycles. The van der Waals surface area contributed by atoms with Crippen LogP contribution in [0, 0.1) is 10.1 Å². The Labute approximate surface area is 247 Å². The first kappa shape index (κ1) is 28.1. The highest BCUT2D eigenvalue weighted by atomic mass is 35.5. The van der Waals surface area contributed by atoms with Gasteiger partial charge in [0.2, 0.25) is 5.91 Å². The number of nitro benzene ring substituents is 1. The molecule has 0 aromatic heterocycles. The van der Waals surface area contributed by atoms with E-state index in [1.807, 2.05) is 0 Å². The summed E-state index contributed by atoms with van der Waals surface area (Å²) in [5, 5.41) is 11.9. The SMILES string of the molecule is O=C(OCc1ccc([N+](=O)[O-])cc1)C1=C(COc2cc(Cl)ccc2Oc2ccc(Cl)cc2Cl)CS[C@H]2CC(=O)N12. The van der Waals surface area contributed by atoms with Gasteiger partial charge in [0.25, 0.3) is 5.69 Å². The molecule has 2 heterocycles. The Morgan fingerprint density at radius 3 is 2.35 bits per heavy atom. The molecule has 3 aromatic rings. The fourth-order valence-electron chi connectivity index (χ4n) is 4.03. The van der Waals surface area contributed by atoms with E-state index in [-0.39, 0.29) is 35.9 Å². The van der Waals surface area contributed by atoms with Crippen LogP contribution < -0.4 is 9.47 Å². The average Bonchev–Trinajstić information content (AvgIpc) is 2.92. The Hall–Kier alpha value is -3.44. The van der Waals surface area contributed by atoms with Gasteiger partial charge < -0.3 is 14.2 Å². The third-order valence-electron chi connectivity index (χ3n) is 6.06. The smallest absolute Gasteiger partial charge is 0.355 e. The highest BCUT2D eigenvalue weighted by Gasteiger charge is 2.46. The molecule has 0 N–H and O–H groups in total. The van der Waals surface area contributed by atoms with Gasteiger partial charge in [0.15, 0.2) is 11.5 Å². The Morgan fingerprint density at radius 2 is 1.68 bits per heavy atom. The first-order chi connectivity index (χ1) is 19.2. The van der Waals surface area contributed by atoms with Crippen molar-refractivity contribution < 1.29 is 28.7 Å². The number of nitro groups is 1. The van der Waals surface area contributed by atoms with Crippen molar-refractivity contribution >= 4 is 64.1 Å². The van der Waals surface area contributed by atoms with E-state index < -0.39 is 10.9 Å². The number of carbonyl (C=O) groups is 2. The first-order valence-corrected chi connectivity index (χ1v) is 14.0. The van der Waals surface area contributed by atoms with E-state index in [9.17, 15) is 19.7 Å². The normalized spacial score (nSPS) is 16.2. The van der Waals surface area contributed by atoms with Gasteiger partial charge in [-0.15, -0.1) is 11.8 Å². The molecule has 0 spiro atoms. The number of ether oxygens (including phenoxy) is 3. The quantitative estimate of drug-likeness (QED) is 0.108. The zero-order chi connectivity index (χ0) is 28.4. The number of halogens is 3. The molecule has 3 aromatic carbocycles. The molecule has 9 nitrogen and oxygen atoms in total. The molecule has 0 unspecified atom stereocenters. The molecular formula is C27H19Cl3N2O7S. The number of hydrogen-bond acceptors (Lipinski definition) is 8. The highest BCUT2D eigenvalue weighted by Crippen LogP contribution is 2.42. The van der Waals surface area contributed by atoms with Crippen molar-refractivity contribution in [2.75, 3.05) is 12.4 Å². The van der Waals surface area contributed by atoms with Gasteiger partial charge in [-0.25, -0.2) is 4.79 Å². The fourth-order valence-corrected chi connectivity index (χ4v) is 5.88. The van der Waals surface area contributed by atoms with Crippen molar-refractivity contribution in [1.29, 1.82) is 0 Å². The van der Waals surface area contributed by atoms with Crippen molar-refractivity contribution in [3.63, 3.8) is 0 Å². The molecule has 0 bridgehead atoms. The minimum absolute atomic E-state index is 0.0451. The lowest BCUT2D eigenvalue weighted by atomic mass is 10.1. The fraction of sp³-hybridized carbons (Fsp3) is 0.185. The zero-order valence-corrected chi connectivity index (χ0v) is 23.6. The molecule has 40 heavy (non-hydrogen) atoms. The van der Waals surface area contributed by atoms with Gasteiger partial charge in [-0.1, -0.05) is 34.8 Å². The van der Waals surface area contributed by atoms with E-state index in [1.54, 1.807) is 36.4 Å². The second-order valence-electron chi connectivity index (χ2n) is 8.74. The van der Waals surface area contributed by atoms with Crippen LogP contribution in [0.2, 0.25) is 15.1 Å². The third-order valence-corrected chi connectivity index (χ3v) is 8.11. The van der Waals surface area contributed by atoms with Crippen LogP contribution in [0.15, 0.2) is 71.9 Å². The molecule has 1 amide bonds. The number of rotatable bonds is 9. The van der Waals surface area contributed by atoms with Gasteiger partial charge >= 0.3 is 5.97 Å². The van der Waals surface area contributed by atoms with Crippen LogP contribution in [0.4, 0.5) is 5.69 Å². The monoisotopic (exact) mass is 620 g/mol. The molecule has 0 aliphatic carbocycles. The Bertz CT molecular complexity index is 1530. The molecule has 2 aliphatic rings. The summed E-state index contributed by atoms with van der Waals surface area (Å²) < 4.78 is 17.5. The van der Waals surface area contributed by atoms with Crippen molar-refractivity contribution in [2.24, 2.45) is 0 Å². The molecule has 0 radical (unpaired) electrons. The van der Waals surface area contributed by atoms with E-state index in [0.717, 1.165) is 0 Å². The van der Waals surface area contributed by atoms with Crippen LogP contribution >= 0.6 is 46.6 Å². The topological polar surface area (TPSA) is 108 Å². The number of amides is 1. The second-order valence-corrected chi connectivity index (χ2v) is 11.2. The number of carbonyl (C=O) groups excluding carboxylic acids is 2. The van der Waals surface area contributed by atoms with Gasteiger partial charge in [0.1, 0.15) is 24.7 Å². The van der Waals surface area contributed by atoms with Crippen molar-refractivity contribution in [1.82, 2.24) is 4.90 Å². The zero-order valence-electron chi connectivity index (χ0n) is 20.5. The molecule has 206 valence electrons. The van der Waals surface area contributed by atoms with Crippen LogP contribution in [-0.4, -0.2) is 39.4 Å². The Balaban J connectivity index is 1.35. The van der Waals surface area contributed by atoms with Crippen LogP contribution in [-0.2, 0) is 20.9 Å². The number of non-ortho nitro benzene ring substituents is 1. The van der Waals surface area contributed by atoms with Crippen LogP contribution in [0.25, 0.3) is 0 Å². The highest BCUT2D eigenvalue weighted by molar-refractivity contribution is 8.00. The summed E-state index contributed by atoms with van der Waals surface area (Å²) in [6, 6.07) is 15.3. The molecule has 0 saturated carbocycles. The largest absolute Gasteiger partial charge is 0.485 e. The van der Waals surface area contributed by atoms with Gasteiger partial charge in [-0.05, 0) is 48.0 Å². The maximum Gasteiger partial charge on any atom is 0.355 e. The lowest BCUT2D eigenvalue weighted by Gasteiger charge is -2.44. The average molecular weight is 622 g/mol. The van der Waals surface area contributed by atoms with E-state index in [2.05, 4.69) is 0 Å². The van der Waals surface area contributed by atoms with Gasteiger partial charge in [0.05, 0.1) is 21.7 Å². The maximum absolute atomic E-state index is 13.2. The summed E-state index contributed by atoms with van der Waals surface area (Å²) in [5.74, 6) is 0.544. The molecule has 1 fully saturated rings. The molecule has 1 saturated heterocycles. The lowest BCUT2D eigenvalue weighted by Crippen LogP contribution is -2.54.